The molecule has 0 spiro atoms. The summed E-state index contributed by atoms with van der Waals surface area (Å²) in [5.74, 6) is 0.550. The Labute approximate surface area is 76.6 Å². The zero-order chi connectivity index (χ0) is 9.26. The van der Waals surface area contributed by atoms with E-state index in [0.29, 0.717) is 12.0 Å². The van der Waals surface area contributed by atoms with Crippen LogP contribution < -0.4 is 5.32 Å². The molecule has 0 radical (unpaired) electrons. The standard InChI is InChI=1S/C9H13NO3/c11-9(12)13-8-5-6-3-1-2-4-7(6)10-8/h2,4,6-8,10H,1,3,5H2,(H,11,12). The molecule has 2 N–H and O–H groups in total. The number of hydrogen-bond acceptors (Lipinski definition) is 3. The lowest BCUT2D eigenvalue weighted by Crippen LogP contribution is -2.33. The summed E-state index contributed by atoms with van der Waals surface area (Å²) in [6, 6.07) is 0.318. The van der Waals surface area contributed by atoms with E-state index in [1.807, 2.05) is 0 Å². The third-order valence-corrected chi connectivity index (χ3v) is 2.69. The average molecular weight is 183 g/mol. The van der Waals surface area contributed by atoms with Gasteiger partial charge in [0, 0.05) is 12.5 Å². The molecular weight excluding hydrogens is 170 g/mol. The second-order valence-corrected chi connectivity index (χ2v) is 3.57. The van der Waals surface area contributed by atoms with E-state index in [1.54, 1.807) is 0 Å². The lowest BCUT2D eigenvalue weighted by molar-refractivity contribution is 0.0435. The van der Waals surface area contributed by atoms with Gasteiger partial charge in [0.25, 0.3) is 0 Å². The van der Waals surface area contributed by atoms with Gasteiger partial charge in [-0.05, 0) is 18.8 Å². The Morgan fingerprint density at radius 1 is 1.62 bits per heavy atom. The van der Waals surface area contributed by atoms with Crippen LogP contribution in [0.2, 0.25) is 0 Å². The van der Waals surface area contributed by atoms with Gasteiger partial charge in [-0.1, -0.05) is 12.2 Å². The fourth-order valence-corrected chi connectivity index (χ4v) is 2.11. The van der Waals surface area contributed by atoms with Crippen molar-refractivity contribution in [2.75, 3.05) is 0 Å². The summed E-state index contributed by atoms with van der Waals surface area (Å²) in [5, 5.41) is 11.6. The molecular formula is C9H13NO3. The first kappa shape index (κ1) is 8.56. The molecule has 1 heterocycles. The molecule has 2 rings (SSSR count). The summed E-state index contributed by atoms with van der Waals surface area (Å²) >= 11 is 0. The van der Waals surface area contributed by atoms with Gasteiger partial charge in [-0.25, -0.2) is 4.79 Å². The minimum absolute atomic E-state index is 0.310. The molecule has 0 amide bonds. The number of allylic oxidation sites excluding steroid dienone is 1. The van der Waals surface area contributed by atoms with Gasteiger partial charge in [-0.2, -0.15) is 0 Å². The fraction of sp³-hybridized carbons (Fsp3) is 0.667. The number of hydrogen-bond donors (Lipinski definition) is 2. The maximum atomic E-state index is 10.3. The van der Waals surface area contributed by atoms with E-state index in [-0.39, 0.29) is 6.23 Å². The van der Waals surface area contributed by atoms with Gasteiger partial charge in [-0.3, -0.25) is 5.32 Å². The zero-order valence-corrected chi connectivity index (χ0v) is 7.27. The molecule has 0 saturated carbocycles. The Bertz CT molecular complexity index is 239. The summed E-state index contributed by atoms with van der Waals surface area (Å²) < 4.78 is 4.67. The lowest BCUT2D eigenvalue weighted by Gasteiger charge is -2.18. The zero-order valence-electron chi connectivity index (χ0n) is 7.27. The van der Waals surface area contributed by atoms with Crippen LogP contribution in [0.5, 0.6) is 0 Å². The number of nitrogens with one attached hydrogen (secondary N) is 1. The topological polar surface area (TPSA) is 58.6 Å². The highest BCUT2D eigenvalue weighted by Crippen LogP contribution is 2.29. The van der Waals surface area contributed by atoms with E-state index in [1.165, 1.54) is 0 Å². The molecule has 0 aromatic heterocycles. The summed E-state index contributed by atoms with van der Waals surface area (Å²) in [6.45, 7) is 0. The monoisotopic (exact) mass is 183 g/mol. The highest BCUT2D eigenvalue weighted by atomic mass is 16.7. The second-order valence-electron chi connectivity index (χ2n) is 3.57. The molecule has 0 aromatic rings. The number of carboxylic acid groups (broad SMARTS) is 1. The highest BCUT2D eigenvalue weighted by molar-refractivity contribution is 5.57. The van der Waals surface area contributed by atoms with Crippen molar-refractivity contribution in [1.82, 2.24) is 5.32 Å². The van der Waals surface area contributed by atoms with Crippen molar-refractivity contribution in [2.24, 2.45) is 5.92 Å². The van der Waals surface area contributed by atoms with E-state index in [4.69, 9.17) is 5.11 Å². The highest BCUT2D eigenvalue weighted by Gasteiger charge is 2.34. The SMILES string of the molecule is O=C(O)OC1CC2CCC=CC2N1. The van der Waals surface area contributed by atoms with Crippen LogP contribution in [0.3, 0.4) is 0 Å². The molecule has 0 bridgehead atoms. The molecule has 2 aliphatic rings. The average Bonchev–Trinajstić information content (AvgIpc) is 2.44. The Balaban J connectivity index is 1.93. The van der Waals surface area contributed by atoms with E-state index in [2.05, 4.69) is 22.2 Å². The summed E-state index contributed by atoms with van der Waals surface area (Å²) in [4.78, 5) is 10.3. The van der Waals surface area contributed by atoms with Crippen molar-refractivity contribution in [2.45, 2.75) is 31.5 Å². The Kier molecular flexibility index (Phi) is 2.22. The first-order valence-electron chi connectivity index (χ1n) is 4.58. The molecule has 72 valence electrons. The fourth-order valence-electron chi connectivity index (χ4n) is 2.11. The van der Waals surface area contributed by atoms with Crippen molar-refractivity contribution >= 4 is 6.16 Å². The van der Waals surface area contributed by atoms with Crippen molar-refractivity contribution in [3.63, 3.8) is 0 Å². The Hall–Kier alpha value is -1.03. The van der Waals surface area contributed by atoms with Gasteiger partial charge in [-0.15, -0.1) is 0 Å². The minimum Gasteiger partial charge on any atom is -0.450 e. The van der Waals surface area contributed by atoms with Gasteiger partial charge >= 0.3 is 6.16 Å². The van der Waals surface area contributed by atoms with E-state index < -0.39 is 6.16 Å². The van der Waals surface area contributed by atoms with Crippen LogP contribution in [-0.2, 0) is 4.74 Å². The maximum absolute atomic E-state index is 10.3. The molecule has 1 aliphatic heterocycles. The van der Waals surface area contributed by atoms with E-state index in [9.17, 15) is 4.79 Å². The Morgan fingerprint density at radius 3 is 3.15 bits per heavy atom. The van der Waals surface area contributed by atoms with Crippen LogP contribution in [0.4, 0.5) is 4.79 Å². The molecule has 0 aromatic carbocycles. The molecule has 3 atom stereocenters. The summed E-state index contributed by atoms with van der Waals surface area (Å²) in [6.07, 6.45) is 5.78. The molecule has 1 saturated heterocycles. The van der Waals surface area contributed by atoms with Gasteiger partial charge in [0.1, 0.15) is 0 Å². The molecule has 1 aliphatic carbocycles. The number of ether oxygens (including phenoxy) is 1. The van der Waals surface area contributed by atoms with Crippen LogP contribution in [0.25, 0.3) is 0 Å². The van der Waals surface area contributed by atoms with E-state index in [0.717, 1.165) is 19.3 Å². The molecule has 4 heteroatoms. The molecule has 4 nitrogen and oxygen atoms in total. The van der Waals surface area contributed by atoms with Gasteiger partial charge in [0.2, 0.25) is 0 Å². The van der Waals surface area contributed by atoms with E-state index >= 15 is 0 Å². The number of rotatable bonds is 1. The van der Waals surface area contributed by atoms with Crippen LogP contribution in [0, 0.1) is 5.92 Å². The lowest BCUT2D eigenvalue weighted by atomic mass is 9.90. The quantitative estimate of drug-likeness (QED) is 0.475. The summed E-state index contributed by atoms with van der Waals surface area (Å²) in [5.41, 5.74) is 0. The van der Waals surface area contributed by atoms with Gasteiger partial charge in [0.05, 0.1) is 0 Å². The minimum atomic E-state index is -1.19. The molecule has 13 heavy (non-hydrogen) atoms. The smallest absolute Gasteiger partial charge is 0.450 e. The van der Waals surface area contributed by atoms with Gasteiger partial charge in [0.15, 0.2) is 6.23 Å². The summed E-state index contributed by atoms with van der Waals surface area (Å²) in [7, 11) is 0. The third-order valence-electron chi connectivity index (χ3n) is 2.69. The number of fused-ring (bicyclic) bond motifs is 1. The Morgan fingerprint density at radius 2 is 2.46 bits per heavy atom. The first-order chi connectivity index (χ1) is 6.25. The van der Waals surface area contributed by atoms with Crippen molar-refractivity contribution in [3.8, 4) is 0 Å². The third kappa shape index (κ3) is 1.83. The maximum Gasteiger partial charge on any atom is 0.507 e. The van der Waals surface area contributed by atoms with Gasteiger partial charge < -0.3 is 9.84 Å². The molecule has 3 unspecified atom stereocenters. The normalized spacial score (nSPS) is 37.1. The largest absolute Gasteiger partial charge is 0.507 e. The van der Waals surface area contributed by atoms with Crippen LogP contribution in [0.15, 0.2) is 12.2 Å². The number of carbonyl (C=O) groups is 1. The van der Waals surface area contributed by atoms with Crippen LogP contribution >= 0.6 is 0 Å². The molecule has 1 fully saturated rings. The van der Waals surface area contributed by atoms with Crippen molar-refractivity contribution in [3.05, 3.63) is 12.2 Å². The van der Waals surface area contributed by atoms with Crippen molar-refractivity contribution in [1.29, 1.82) is 0 Å². The van der Waals surface area contributed by atoms with Crippen LogP contribution in [0.1, 0.15) is 19.3 Å². The predicted molar refractivity (Wildman–Crippen MR) is 46.3 cm³/mol. The second kappa shape index (κ2) is 3.38. The predicted octanol–water partition coefficient (Wildman–Crippen LogP) is 1.34. The first-order valence-corrected chi connectivity index (χ1v) is 4.58. The van der Waals surface area contributed by atoms with Crippen molar-refractivity contribution < 1.29 is 14.6 Å². The van der Waals surface area contributed by atoms with Crippen LogP contribution in [-0.4, -0.2) is 23.5 Å².